The van der Waals surface area contributed by atoms with Crippen molar-refractivity contribution in [1.29, 1.82) is 0 Å². The smallest absolute Gasteiger partial charge is 0.261 e. The van der Waals surface area contributed by atoms with Crippen LogP contribution in [-0.2, 0) is 16.1 Å². The Balaban J connectivity index is 1.51. The summed E-state index contributed by atoms with van der Waals surface area (Å²) in [6.07, 6.45) is 4.14. The summed E-state index contributed by atoms with van der Waals surface area (Å²) in [5.74, 6) is 0.537. The van der Waals surface area contributed by atoms with Crippen LogP contribution in [0, 0.1) is 0 Å². The molecule has 25 heavy (non-hydrogen) atoms. The Morgan fingerprint density at radius 1 is 1.32 bits per heavy atom. The standard InChI is InChI=1S/C19H21N3O3/c1-14(25-17-4-2-10-20-13-17)19(24)21-12-15-6-8-16(9-7-15)22-11-3-5-18(22)23/h2,4,6-10,13-14H,3,5,11-12H2,1H3,(H,21,24)/t14-/m1/s1. The van der Waals surface area contributed by atoms with Crippen molar-refractivity contribution in [3.8, 4) is 5.75 Å². The van der Waals surface area contributed by atoms with Gasteiger partial charge in [-0.25, -0.2) is 0 Å². The number of carbonyl (C=O) groups excluding carboxylic acids is 2. The van der Waals surface area contributed by atoms with Gasteiger partial charge in [-0.3, -0.25) is 14.6 Å². The molecule has 6 heteroatoms. The lowest BCUT2D eigenvalue weighted by atomic mass is 10.2. The van der Waals surface area contributed by atoms with Crippen molar-refractivity contribution in [2.75, 3.05) is 11.4 Å². The molecule has 2 heterocycles. The topological polar surface area (TPSA) is 71.5 Å². The van der Waals surface area contributed by atoms with Gasteiger partial charge in [0.05, 0.1) is 6.20 Å². The van der Waals surface area contributed by atoms with Crippen LogP contribution in [0.25, 0.3) is 0 Å². The van der Waals surface area contributed by atoms with E-state index >= 15 is 0 Å². The van der Waals surface area contributed by atoms with E-state index in [2.05, 4.69) is 10.3 Å². The first-order valence-corrected chi connectivity index (χ1v) is 8.37. The predicted molar refractivity (Wildman–Crippen MR) is 94.2 cm³/mol. The summed E-state index contributed by atoms with van der Waals surface area (Å²) in [6, 6.07) is 11.2. The third-order valence-corrected chi connectivity index (χ3v) is 4.10. The summed E-state index contributed by atoms with van der Waals surface area (Å²) in [5, 5.41) is 2.85. The highest BCUT2D eigenvalue weighted by molar-refractivity contribution is 5.95. The van der Waals surface area contributed by atoms with Gasteiger partial charge in [0.15, 0.2) is 6.10 Å². The summed E-state index contributed by atoms with van der Waals surface area (Å²) in [5.41, 5.74) is 1.88. The second-order valence-electron chi connectivity index (χ2n) is 5.98. The van der Waals surface area contributed by atoms with E-state index in [-0.39, 0.29) is 11.8 Å². The van der Waals surface area contributed by atoms with Crippen LogP contribution in [0.4, 0.5) is 5.69 Å². The first-order chi connectivity index (χ1) is 12.1. The SMILES string of the molecule is C[C@@H](Oc1cccnc1)C(=O)NCc1ccc(N2CCCC2=O)cc1. The number of nitrogens with one attached hydrogen (secondary N) is 1. The number of rotatable bonds is 6. The molecule has 130 valence electrons. The van der Waals surface area contributed by atoms with Crippen LogP contribution < -0.4 is 15.0 Å². The quantitative estimate of drug-likeness (QED) is 0.876. The first-order valence-electron chi connectivity index (χ1n) is 8.37. The number of anilines is 1. The summed E-state index contributed by atoms with van der Waals surface area (Å²) in [7, 11) is 0. The van der Waals surface area contributed by atoms with Crippen molar-refractivity contribution in [3.63, 3.8) is 0 Å². The third-order valence-electron chi connectivity index (χ3n) is 4.10. The minimum absolute atomic E-state index is 0.169. The second kappa shape index (κ2) is 7.79. The minimum atomic E-state index is -0.606. The highest BCUT2D eigenvalue weighted by Crippen LogP contribution is 2.21. The van der Waals surface area contributed by atoms with Gasteiger partial charge in [-0.1, -0.05) is 12.1 Å². The first kappa shape index (κ1) is 17.0. The second-order valence-corrected chi connectivity index (χ2v) is 5.98. The largest absolute Gasteiger partial charge is 0.479 e. The number of ether oxygens (including phenoxy) is 1. The molecular formula is C19H21N3O3. The molecule has 1 aromatic heterocycles. The molecule has 0 radical (unpaired) electrons. The van der Waals surface area contributed by atoms with Gasteiger partial charge >= 0.3 is 0 Å². The summed E-state index contributed by atoms with van der Waals surface area (Å²) >= 11 is 0. The Labute approximate surface area is 146 Å². The molecular weight excluding hydrogens is 318 g/mol. The predicted octanol–water partition coefficient (Wildman–Crippen LogP) is 2.29. The van der Waals surface area contributed by atoms with E-state index in [1.54, 1.807) is 36.4 Å². The molecule has 3 rings (SSSR count). The van der Waals surface area contributed by atoms with E-state index in [0.717, 1.165) is 24.2 Å². The zero-order chi connectivity index (χ0) is 17.6. The van der Waals surface area contributed by atoms with Crippen LogP contribution >= 0.6 is 0 Å². The molecule has 1 aliphatic heterocycles. The Kier molecular flexibility index (Phi) is 5.28. The van der Waals surface area contributed by atoms with Crippen LogP contribution in [0.1, 0.15) is 25.3 Å². The molecule has 1 saturated heterocycles. The number of aromatic nitrogens is 1. The molecule has 2 amide bonds. The number of hydrogen-bond acceptors (Lipinski definition) is 4. The average molecular weight is 339 g/mol. The molecule has 0 spiro atoms. The van der Waals surface area contributed by atoms with Crippen LogP contribution in [-0.4, -0.2) is 29.4 Å². The molecule has 0 bridgehead atoms. The van der Waals surface area contributed by atoms with E-state index < -0.39 is 6.10 Å². The summed E-state index contributed by atoms with van der Waals surface area (Å²) in [6.45, 7) is 2.89. The van der Waals surface area contributed by atoms with Gasteiger partial charge in [0, 0.05) is 31.4 Å². The fourth-order valence-corrected chi connectivity index (χ4v) is 2.72. The molecule has 1 atom stereocenters. The fourth-order valence-electron chi connectivity index (χ4n) is 2.72. The molecule has 1 fully saturated rings. The molecule has 1 N–H and O–H groups in total. The van der Waals surface area contributed by atoms with E-state index in [1.165, 1.54) is 0 Å². The van der Waals surface area contributed by atoms with E-state index in [0.29, 0.717) is 18.7 Å². The van der Waals surface area contributed by atoms with Crippen molar-refractivity contribution < 1.29 is 14.3 Å². The van der Waals surface area contributed by atoms with Gasteiger partial charge in [0.25, 0.3) is 5.91 Å². The van der Waals surface area contributed by atoms with Crippen molar-refractivity contribution >= 4 is 17.5 Å². The number of benzene rings is 1. The lowest BCUT2D eigenvalue weighted by molar-refractivity contribution is -0.127. The van der Waals surface area contributed by atoms with Gasteiger partial charge in [-0.2, -0.15) is 0 Å². The molecule has 1 aliphatic rings. The lowest BCUT2D eigenvalue weighted by Crippen LogP contribution is -2.35. The number of amides is 2. The maximum atomic E-state index is 12.1. The van der Waals surface area contributed by atoms with E-state index in [1.807, 2.05) is 24.3 Å². The maximum Gasteiger partial charge on any atom is 0.261 e. The number of hydrogen-bond donors (Lipinski definition) is 1. The van der Waals surface area contributed by atoms with Crippen LogP contribution in [0.15, 0.2) is 48.8 Å². The van der Waals surface area contributed by atoms with Crippen molar-refractivity contribution in [2.24, 2.45) is 0 Å². The molecule has 6 nitrogen and oxygen atoms in total. The summed E-state index contributed by atoms with van der Waals surface area (Å²) < 4.78 is 5.54. The van der Waals surface area contributed by atoms with E-state index in [9.17, 15) is 9.59 Å². The molecule has 0 unspecified atom stereocenters. The lowest BCUT2D eigenvalue weighted by Gasteiger charge is -2.17. The van der Waals surface area contributed by atoms with Crippen LogP contribution in [0.5, 0.6) is 5.75 Å². The normalized spacial score (nSPS) is 15.1. The van der Waals surface area contributed by atoms with Gasteiger partial charge in [-0.05, 0) is 43.2 Å². The maximum absolute atomic E-state index is 12.1. The van der Waals surface area contributed by atoms with Gasteiger partial charge < -0.3 is 15.0 Å². The highest BCUT2D eigenvalue weighted by Gasteiger charge is 2.21. The Morgan fingerprint density at radius 3 is 2.76 bits per heavy atom. The van der Waals surface area contributed by atoms with Crippen molar-refractivity contribution in [1.82, 2.24) is 10.3 Å². The molecule has 2 aromatic rings. The third kappa shape index (κ3) is 4.35. The van der Waals surface area contributed by atoms with Gasteiger partial charge in [0.2, 0.25) is 5.91 Å². The molecule has 1 aromatic carbocycles. The van der Waals surface area contributed by atoms with Crippen LogP contribution in [0.3, 0.4) is 0 Å². The van der Waals surface area contributed by atoms with Gasteiger partial charge in [0.1, 0.15) is 5.75 Å². The Morgan fingerprint density at radius 2 is 2.12 bits per heavy atom. The molecule has 0 saturated carbocycles. The summed E-state index contributed by atoms with van der Waals surface area (Å²) in [4.78, 5) is 29.6. The zero-order valence-corrected chi connectivity index (χ0v) is 14.1. The number of pyridine rings is 1. The monoisotopic (exact) mass is 339 g/mol. The Hall–Kier alpha value is -2.89. The minimum Gasteiger partial charge on any atom is -0.479 e. The van der Waals surface area contributed by atoms with Crippen molar-refractivity contribution in [2.45, 2.75) is 32.4 Å². The highest BCUT2D eigenvalue weighted by atomic mass is 16.5. The van der Waals surface area contributed by atoms with E-state index in [4.69, 9.17) is 4.74 Å². The van der Waals surface area contributed by atoms with Crippen LogP contribution in [0.2, 0.25) is 0 Å². The number of carbonyl (C=O) groups is 2. The average Bonchev–Trinajstić information content (AvgIpc) is 3.07. The molecule has 0 aliphatic carbocycles. The zero-order valence-electron chi connectivity index (χ0n) is 14.1. The van der Waals surface area contributed by atoms with Gasteiger partial charge in [-0.15, -0.1) is 0 Å². The fraction of sp³-hybridized carbons (Fsp3) is 0.316. The Bertz CT molecular complexity index is 731. The number of nitrogens with zero attached hydrogens (tertiary/aromatic N) is 2. The van der Waals surface area contributed by atoms with Crippen molar-refractivity contribution in [3.05, 3.63) is 54.4 Å².